The fourth-order valence-electron chi connectivity index (χ4n) is 4.78. The molecule has 0 unspecified atom stereocenters. The molecule has 210 valence electrons. The maximum absolute atomic E-state index is 13.3. The number of fused-ring (bicyclic) bond motifs is 3. The molecular formula is C30H38N2O7. The lowest BCUT2D eigenvalue weighted by molar-refractivity contribution is -0.157. The zero-order chi connectivity index (χ0) is 28.9. The highest BCUT2D eigenvalue weighted by molar-refractivity contribution is 5.89. The van der Waals surface area contributed by atoms with Gasteiger partial charge in [-0.15, -0.1) is 0 Å². The van der Waals surface area contributed by atoms with Crippen LogP contribution < -0.4 is 5.32 Å². The molecule has 39 heavy (non-hydrogen) atoms. The quantitative estimate of drug-likeness (QED) is 0.425. The summed E-state index contributed by atoms with van der Waals surface area (Å²) in [5.74, 6) is -2.87. The van der Waals surface area contributed by atoms with Crippen molar-refractivity contribution in [2.75, 3.05) is 13.7 Å². The molecule has 0 bridgehead atoms. The van der Waals surface area contributed by atoms with Crippen molar-refractivity contribution in [2.24, 2.45) is 5.92 Å². The van der Waals surface area contributed by atoms with E-state index in [9.17, 15) is 24.3 Å². The number of carboxylic acids is 1. The van der Waals surface area contributed by atoms with Crippen molar-refractivity contribution < 1.29 is 33.8 Å². The number of nitrogens with zero attached hydrogens (tertiary/aromatic N) is 1. The maximum atomic E-state index is 13.3. The molecule has 0 saturated carbocycles. The number of esters is 1. The number of nitrogens with one attached hydrogen (secondary N) is 1. The Labute approximate surface area is 229 Å². The van der Waals surface area contributed by atoms with Gasteiger partial charge in [0.2, 0.25) is 5.91 Å². The molecule has 0 aromatic heterocycles. The molecule has 2 N–H and O–H groups in total. The number of amides is 2. The van der Waals surface area contributed by atoms with Crippen LogP contribution in [0.1, 0.15) is 64.5 Å². The fourth-order valence-corrected chi connectivity index (χ4v) is 4.78. The van der Waals surface area contributed by atoms with E-state index in [-0.39, 0.29) is 31.3 Å². The molecule has 1 aliphatic rings. The molecule has 9 nitrogen and oxygen atoms in total. The third-order valence-corrected chi connectivity index (χ3v) is 6.69. The normalized spacial score (nSPS) is 14.1. The summed E-state index contributed by atoms with van der Waals surface area (Å²) in [5, 5.41) is 12.4. The van der Waals surface area contributed by atoms with Crippen LogP contribution in [-0.4, -0.2) is 65.3 Å². The van der Waals surface area contributed by atoms with Gasteiger partial charge in [-0.1, -0.05) is 62.4 Å². The maximum Gasteiger partial charge on any atom is 0.407 e. The molecule has 0 heterocycles. The number of likely N-dealkylation sites (N-methyl/N-ethyl adjacent to an activating group) is 1. The van der Waals surface area contributed by atoms with Gasteiger partial charge in [0.25, 0.3) is 0 Å². The van der Waals surface area contributed by atoms with Gasteiger partial charge < -0.3 is 24.8 Å². The molecule has 0 aliphatic heterocycles. The summed E-state index contributed by atoms with van der Waals surface area (Å²) in [5.41, 5.74) is 3.64. The van der Waals surface area contributed by atoms with Crippen molar-refractivity contribution in [3.8, 4) is 11.1 Å². The van der Waals surface area contributed by atoms with E-state index in [2.05, 4.69) is 5.32 Å². The van der Waals surface area contributed by atoms with Crippen LogP contribution in [0.25, 0.3) is 11.1 Å². The van der Waals surface area contributed by atoms with Gasteiger partial charge in [0.05, 0.1) is 0 Å². The summed E-state index contributed by atoms with van der Waals surface area (Å²) < 4.78 is 10.8. The third kappa shape index (κ3) is 7.37. The molecule has 2 atom stereocenters. The number of alkyl carbamates (subject to hydrolysis) is 1. The molecule has 2 aromatic rings. The molecule has 2 amide bonds. The molecule has 1 aliphatic carbocycles. The van der Waals surface area contributed by atoms with Crippen molar-refractivity contribution in [1.29, 1.82) is 0 Å². The number of hydrogen-bond donors (Lipinski definition) is 2. The summed E-state index contributed by atoms with van der Waals surface area (Å²) in [7, 11) is 1.35. The second-order valence-corrected chi connectivity index (χ2v) is 11.1. The van der Waals surface area contributed by atoms with Gasteiger partial charge in [-0.2, -0.15) is 0 Å². The Morgan fingerprint density at radius 3 is 2.00 bits per heavy atom. The summed E-state index contributed by atoms with van der Waals surface area (Å²) in [6.07, 6.45) is -1.06. The van der Waals surface area contributed by atoms with Gasteiger partial charge in [0, 0.05) is 19.4 Å². The van der Waals surface area contributed by atoms with Gasteiger partial charge in [-0.05, 0) is 55.4 Å². The topological polar surface area (TPSA) is 122 Å². The number of aliphatic carboxylic acids is 1. The summed E-state index contributed by atoms with van der Waals surface area (Å²) in [6, 6.07) is 13.7. The summed E-state index contributed by atoms with van der Waals surface area (Å²) in [6.45, 7) is 8.74. The number of carbonyl (C=O) groups excluding carboxylic acids is 3. The lowest BCUT2D eigenvalue weighted by Crippen LogP contribution is -2.54. The van der Waals surface area contributed by atoms with Crippen molar-refractivity contribution in [1.82, 2.24) is 10.2 Å². The number of ether oxygens (including phenoxy) is 2. The fraction of sp³-hybridized carbons (Fsp3) is 0.467. The first-order valence-corrected chi connectivity index (χ1v) is 13.1. The zero-order valence-corrected chi connectivity index (χ0v) is 23.4. The van der Waals surface area contributed by atoms with Crippen LogP contribution in [0.2, 0.25) is 0 Å². The number of benzene rings is 2. The SMILES string of the molecule is CC(C)[C@H](NC(=O)OCC1c2ccccc2-c2ccccc21)C(=O)N(C)[C@@H](CCC(=O)OC(C)(C)C)C(=O)O. The highest BCUT2D eigenvalue weighted by atomic mass is 16.6. The highest BCUT2D eigenvalue weighted by Gasteiger charge is 2.35. The van der Waals surface area contributed by atoms with Crippen molar-refractivity contribution in [3.05, 3.63) is 59.7 Å². The number of rotatable bonds is 10. The van der Waals surface area contributed by atoms with E-state index in [4.69, 9.17) is 9.47 Å². The number of hydrogen-bond acceptors (Lipinski definition) is 6. The van der Waals surface area contributed by atoms with Crippen LogP contribution in [-0.2, 0) is 23.9 Å². The van der Waals surface area contributed by atoms with Crippen molar-refractivity contribution >= 4 is 23.9 Å². The Morgan fingerprint density at radius 1 is 0.974 bits per heavy atom. The van der Waals surface area contributed by atoms with Gasteiger partial charge in [-0.25, -0.2) is 9.59 Å². The van der Waals surface area contributed by atoms with E-state index in [0.29, 0.717) is 0 Å². The van der Waals surface area contributed by atoms with Crippen LogP contribution in [0.4, 0.5) is 4.79 Å². The van der Waals surface area contributed by atoms with Gasteiger partial charge >= 0.3 is 18.0 Å². The molecule has 0 spiro atoms. The second kappa shape index (κ2) is 12.3. The van der Waals surface area contributed by atoms with Crippen LogP contribution >= 0.6 is 0 Å². The summed E-state index contributed by atoms with van der Waals surface area (Å²) in [4.78, 5) is 51.3. The minimum absolute atomic E-state index is 0.0857. The first kappa shape index (κ1) is 29.7. The minimum Gasteiger partial charge on any atom is -0.480 e. The largest absolute Gasteiger partial charge is 0.480 e. The Morgan fingerprint density at radius 2 is 1.51 bits per heavy atom. The Kier molecular flexibility index (Phi) is 9.37. The first-order chi connectivity index (χ1) is 18.3. The first-order valence-electron chi connectivity index (χ1n) is 13.1. The van der Waals surface area contributed by atoms with E-state index in [0.717, 1.165) is 27.2 Å². The predicted octanol–water partition coefficient (Wildman–Crippen LogP) is 4.58. The van der Waals surface area contributed by atoms with Crippen molar-refractivity contribution in [3.63, 3.8) is 0 Å². The Bertz CT molecular complexity index is 1170. The molecule has 9 heteroatoms. The molecule has 0 radical (unpaired) electrons. The van der Waals surface area contributed by atoms with Gasteiger partial charge in [0.15, 0.2) is 0 Å². The minimum atomic E-state index is -1.27. The number of carboxylic acid groups (broad SMARTS) is 1. The number of carbonyl (C=O) groups is 4. The third-order valence-electron chi connectivity index (χ3n) is 6.69. The zero-order valence-electron chi connectivity index (χ0n) is 23.4. The average Bonchev–Trinajstić information content (AvgIpc) is 3.18. The monoisotopic (exact) mass is 538 g/mol. The van der Waals surface area contributed by atoms with Crippen LogP contribution in [0.5, 0.6) is 0 Å². The van der Waals surface area contributed by atoms with Crippen molar-refractivity contribution in [2.45, 2.75) is 71.1 Å². The second-order valence-electron chi connectivity index (χ2n) is 11.1. The average molecular weight is 539 g/mol. The highest BCUT2D eigenvalue weighted by Crippen LogP contribution is 2.44. The smallest absolute Gasteiger partial charge is 0.407 e. The standard InChI is InChI=1S/C30H38N2O7/c1-18(2)26(27(34)32(6)24(28(35)36)15-16-25(33)39-30(3,4)5)31-29(37)38-17-23-21-13-9-7-11-19(21)20-12-8-10-14-22(20)23/h7-14,18,23-24,26H,15-17H2,1-6H3,(H,31,37)(H,35,36)/t24-,26-/m0/s1. The molecule has 2 aromatic carbocycles. The van der Waals surface area contributed by atoms with Gasteiger partial charge in [0.1, 0.15) is 24.3 Å². The molecule has 0 saturated heterocycles. The van der Waals surface area contributed by atoms with E-state index >= 15 is 0 Å². The Balaban J connectivity index is 1.64. The Hall–Kier alpha value is -3.88. The molecule has 3 rings (SSSR count). The van der Waals surface area contributed by atoms with E-state index < -0.39 is 41.6 Å². The van der Waals surface area contributed by atoms with Crippen LogP contribution in [0, 0.1) is 5.92 Å². The lowest BCUT2D eigenvalue weighted by atomic mass is 9.98. The lowest BCUT2D eigenvalue weighted by Gasteiger charge is -2.31. The van der Waals surface area contributed by atoms with E-state index in [1.807, 2.05) is 48.5 Å². The molecule has 0 fully saturated rings. The van der Waals surface area contributed by atoms with Crippen LogP contribution in [0.3, 0.4) is 0 Å². The van der Waals surface area contributed by atoms with E-state index in [1.165, 1.54) is 7.05 Å². The summed E-state index contributed by atoms with van der Waals surface area (Å²) >= 11 is 0. The predicted molar refractivity (Wildman–Crippen MR) is 146 cm³/mol. The van der Waals surface area contributed by atoms with Crippen LogP contribution in [0.15, 0.2) is 48.5 Å². The van der Waals surface area contributed by atoms with Gasteiger partial charge in [-0.3, -0.25) is 9.59 Å². The molecular weight excluding hydrogens is 500 g/mol. The van der Waals surface area contributed by atoms with E-state index in [1.54, 1.807) is 34.6 Å².